The highest BCUT2D eigenvalue weighted by Crippen LogP contribution is 2.21. The largest absolute Gasteiger partial charge is 0.293 e. The number of rotatable bonds is 7. The van der Waals surface area contributed by atoms with E-state index in [4.69, 9.17) is 0 Å². The Morgan fingerprint density at radius 1 is 0.929 bits per heavy atom. The van der Waals surface area contributed by atoms with Gasteiger partial charge in [0.2, 0.25) is 0 Å². The summed E-state index contributed by atoms with van der Waals surface area (Å²) in [5.41, 5.74) is 0. The molecule has 0 aliphatic carbocycles. The highest BCUT2D eigenvalue weighted by atomic mass is 31.1. The molecule has 0 fully saturated rings. The van der Waals surface area contributed by atoms with Gasteiger partial charge in [-0.2, -0.15) is 0 Å². The molecular weight excluding hydrogens is 191 g/mol. The molecular formula is C11H27N2P. The minimum absolute atomic E-state index is 0.665. The van der Waals surface area contributed by atoms with Crippen LogP contribution in [0.1, 0.15) is 41.5 Å². The zero-order valence-corrected chi connectivity index (χ0v) is 11.7. The molecule has 0 saturated carbocycles. The molecule has 0 saturated heterocycles. The second-order valence-electron chi connectivity index (χ2n) is 4.19. The van der Waals surface area contributed by atoms with Crippen molar-refractivity contribution in [3.8, 4) is 0 Å². The van der Waals surface area contributed by atoms with Crippen LogP contribution >= 0.6 is 8.73 Å². The van der Waals surface area contributed by atoms with Crippen LogP contribution in [0.15, 0.2) is 0 Å². The van der Waals surface area contributed by atoms with Crippen LogP contribution in [0.2, 0.25) is 0 Å². The Morgan fingerprint density at radius 2 is 1.36 bits per heavy atom. The molecule has 0 spiro atoms. The normalized spacial score (nSPS) is 13.3. The van der Waals surface area contributed by atoms with Gasteiger partial charge in [0.25, 0.3) is 0 Å². The Labute approximate surface area is 91.9 Å². The molecule has 0 aliphatic heterocycles. The summed E-state index contributed by atoms with van der Waals surface area (Å²) in [6.45, 7) is 16.0. The van der Waals surface area contributed by atoms with Gasteiger partial charge in [0, 0.05) is 18.4 Å². The van der Waals surface area contributed by atoms with Crippen LogP contribution in [0, 0.1) is 0 Å². The highest BCUT2D eigenvalue weighted by Gasteiger charge is 2.13. The standard InChI is InChI=1S/C11H27N2P/c1-7-12(8-2)14-9-13(10(3)4)11(5)6/h10-11,14H,7-9H2,1-6H3. The topological polar surface area (TPSA) is 6.48 Å². The van der Waals surface area contributed by atoms with E-state index in [0.717, 1.165) is 8.73 Å². The number of hydrogen-bond acceptors (Lipinski definition) is 2. The molecule has 2 nitrogen and oxygen atoms in total. The van der Waals surface area contributed by atoms with E-state index in [1.165, 1.54) is 19.4 Å². The molecule has 0 N–H and O–H groups in total. The molecule has 3 heteroatoms. The molecule has 0 heterocycles. The van der Waals surface area contributed by atoms with E-state index in [0.29, 0.717) is 12.1 Å². The summed E-state index contributed by atoms with van der Waals surface area (Å²) in [6, 6.07) is 1.33. The molecule has 0 aromatic rings. The average Bonchev–Trinajstić information content (AvgIpc) is 2.11. The first-order valence-corrected chi connectivity index (χ1v) is 6.92. The van der Waals surface area contributed by atoms with Crippen molar-refractivity contribution in [1.29, 1.82) is 0 Å². The molecule has 0 rings (SSSR count). The van der Waals surface area contributed by atoms with Gasteiger partial charge in [-0.05, 0) is 49.5 Å². The van der Waals surface area contributed by atoms with Crippen LogP contribution in [-0.2, 0) is 0 Å². The van der Waals surface area contributed by atoms with Crippen LogP contribution in [0.5, 0.6) is 0 Å². The molecule has 0 radical (unpaired) electrons. The lowest BCUT2D eigenvalue weighted by molar-refractivity contribution is 0.207. The maximum atomic E-state index is 2.57. The highest BCUT2D eigenvalue weighted by molar-refractivity contribution is 7.35. The van der Waals surface area contributed by atoms with Crippen molar-refractivity contribution in [3.05, 3.63) is 0 Å². The molecule has 0 bridgehead atoms. The van der Waals surface area contributed by atoms with Crippen molar-refractivity contribution in [2.75, 3.05) is 19.4 Å². The summed E-state index contributed by atoms with van der Waals surface area (Å²) in [5.74, 6) is 0. The third-order valence-corrected chi connectivity index (χ3v) is 4.15. The van der Waals surface area contributed by atoms with Crippen LogP contribution in [0.3, 0.4) is 0 Å². The monoisotopic (exact) mass is 218 g/mol. The molecule has 0 aromatic heterocycles. The van der Waals surface area contributed by atoms with Crippen LogP contribution < -0.4 is 0 Å². The molecule has 0 amide bonds. The predicted octanol–water partition coefficient (Wildman–Crippen LogP) is 3.00. The summed E-state index contributed by atoms with van der Waals surface area (Å²) in [4.78, 5) is 2.57. The first-order chi connectivity index (χ1) is 6.52. The molecule has 1 unspecified atom stereocenters. The fourth-order valence-corrected chi connectivity index (χ4v) is 3.13. The van der Waals surface area contributed by atoms with E-state index in [1.807, 2.05) is 0 Å². The van der Waals surface area contributed by atoms with Crippen LogP contribution in [-0.4, -0.2) is 41.0 Å². The van der Waals surface area contributed by atoms with Gasteiger partial charge < -0.3 is 0 Å². The first kappa shape index (κ1) is 14.3. The van der Waals surface area contributed by atoms with E-state index in [2.05, 4.69) is 51.1 Å². The third kappa shape index (κ3) is 5.29. The van der Waals surface area contributed by atoms with Crippen molar-refractivity contribution in [3.63, 3.8) is 0 Å². The second kappa shape index (κ2) is 7.62. The zero-order valence-electron chi connectivity index (χ0n) is 10.7. The van der Waals surface area contributed by atoms with Gasteiger partial charge >= 0.3 is 0 Å². The maximum Gasteiger partial charge on any atom is 0.0295 e. The fraction of sp³-hybridized carbons (Fsp3) is 1.00. The zero-order chi connectivity index (χ0) is 11.1. The smallest absolute Gasteiger partial charge is 0.0295 e. The minimum atomic E-state index is 0.665. The van der Waals surface area contributed by atoms with E-state index < -0.39 is 0 Å². The maximum absolute atomic E-state index is 2.57. The third-order valence-electron chi connectivity index (χ3n) is 2.57. The van der Waals surface area contributed by atoms with E-state index in [1.54, 1.807) is 0 Å². The van der Waals surface area contributed by atoms with Gasteiger partial charge in [-0.15, -0.1) is 0 Å². The van der Waals surface area contributed by atoms with E-state index in [-0.39, 0.29) is 0 Å². The second-order valence-corrected chi connectivity index (χ2v) is 5.46. The first-order valence-electron chi connectivity index (χ1n) is 5.77. The molecule has 86 valence electrons. The Bertz CT molecular complexity index is 125. The summed E-state index contributed by atoms with van der Waals surface area (Å²) >= 11 is 0. The number of nitrogens with zero attached hydrogens (tertiary/aromatic N) is 2. The summed E-state index contributed by atoms with van der Waals surface area (Å²) < 4.78 is 2.51. The average molecular weight is 218 g/mol. The minimum Gasteiger partial charge on any atom is -0.293 e. The Morgan fingerprint density at radius 3 is 1.64 bits per heavy atom. The van der Waals surface area contributed by atoms with Gasteiger partial charge in [0.15, 0.2) is 0 Å². The van der Waals surface area contributed by atoms with Gasteiger partial charge in [0.05, 0.1) is 0 Å². The van der Waals surface area contributed by atoms with Crippen molar-refractivity contribution in [2.45, 2.75) is 53.6 Å². The van der Waals surface area contributed by atoms with Gasteiger partial charge in [-0.1, -0.05) is 13.8 Å². The Kier molecular flexibility index (Phi) is 7.81. The van der Waals surface area contributed by atoms with E-state index >= 15 is 0 Å². The van der Waals surface area contributed by atoms with Crippen LogP contribution in [0.25, 0.3) is 0 Å². The van der Waals surface area contributed by atoms with Crippen molar-refractivity contribution < 1.29 is 0 Å². The van der Waals surface area contributed by atoms with Gasteiger partial charge in [-0.25, -0.2) is 0 Å². The summed E-state index contributed by atoms with van der Waals surface area (Å²) in [6.07, 6.45) is 1.22. The van der Waals surface area contributed by atoms with Gasteiger partial charge in [0.1, 0.15) is 0 Å². The SMILES string of the molecule is CCN(CC)PCN(C(C)C)C(C)C. The van der Waals surface area contributed by atoms with Crippen molar-refractivity contribution in [1.82, 2.24) is 9.57 Å². The molecule has 1 atom stereocenters. The van der Waals surface area contributed by atoms with E-state index in [9.17, 15) is 0 Å². The predicted molar refractivity (Wildman–Crippen MR) is 68.2 cm³/mol. The molecule has 0 aliphatic rings. The van der Waals surface area contributed by atoms with Crippen LogP contribution in [0.4, 0.5) is 0 Å². The summed E-state index contributed by atoms with van der Waals surface area (Å²) in [5, 5.41) is 0. The Hall–Kier alpha value is 0.350. The van der Waals surface area contributed by atoms with Gasteiger partial charge in [-0.3, -0.25) is 9.57 Å². The van der Waals surface area contributed by atoms with Crippen molar-refractivity contribution in [2.24, 2.45) is 0 Å². The molecule has 0 aromatic carbocycles. The lowest BCUT2D eigenvalue weighted by atomic mass is 10.2. The summed E-state index contributed by atoms with van der Waals surface area (Å²) in [7, 11) is 0.949. The fourth-order valence-electron chi connectivity index (χ4n) is 1.59. The lowest BCUT2D eigenvalue weighted by Gasteiger charge is -2.32. The Balaban J connectivity index is 3.92. The lowest BCUT2D eigenvalue weighted by Crippen LogP contribution is -2.37. The van der Waals surface area contributed by atoms with Crippen molar-refractivity contribution >= 4 is 8.73 Å². The molecule has 14 heavy (non-hydrogen) atoms. The quantitative estimate of drug-likeness (QED) is 0.606. The number of hydrogen-bond donors (Lipinski definition) is 0.